The number of aliphatic hydroxyl groups excluding tert-OH is 2. The SMILES string of the molecule is O=P(O)(O)CO[C@@H]1O[C@@H](Cn2ncc3c(NC4CCCC4)nc(Cl)nc32)[C@@H](O)[C@H]1O. The molecule has 4 rings (SSSR count). The van der Waals surface area contributed by atoms with E-state index >= 15 is 0 Å². The summed E-state index contributed by atoms with van der Waals surface area (Å²) in [4.78, 5) is 26.3. The van der Waals surface area contributed by atoms with E-state index in [1.165, 1.54) is 4.68 Å². The maximum Gasteiger partial charge on any atom is 0.351 e. The summed E-state index contributed by atoms with van der Waals surface area (Å²) in [6.07, 6.45) is -0.0733. The van der Waals surface area contributed by atoms with E-state index in [4.69, 9.17) is 30.9 Å². The summed E-state index contributed by atoms with van der Waals surface area (Å²) in [6, 6.07) is 0.310. The number of nitrogens with zero attached hydrogens (tertiary/aromatic N) is 4. The van der Waals surface area contributed by atoms with Crippen LogP contribution in [0.4, 0.5) is 5.82 Å². The molecule has 1 saturated carbocycles. The minimum atomic E-state index is -4.45. The van der Waals surface area contributed by atoms with Gasteiger partial charge in [0, 0.05) is 6.04 Å². The quantitative estimate of drug-likeness (QED) is 0.284. The second-order valence-corrected chi connectivity index (χ2v) is 9.44. The molecule has 2 fully saturated rings. The van der Waals surface area contributed by atoms with Crippen molar-refractivity contribution in [3.63, 3.8) is 0 Å². The zero-order valence-corrected chi connectivity index (χ0v) is 17.5. The van der Waals surface area contributed by atoms with Crippen molar-refractivity contribution in [2.75, 3.05) is 11.7 Å². The number of ether oxygens (including phenoxy) is 2. The summed E-state index contributed by atoms with van der Waals surface area (Å²) < 4.78 is 22.8. The van der Waals surface area contributed by atoms with Crippen LogP contribution in [0.3, 0.4) is 0 Å². The summed E-state index contributed by atoms with van der Waals surface area (Å²) in [5.74, 6) is 0.582. The minimum Gasteiger partial charge on any atom is -0.387 e. The molecule has 2 aliphatic rings. The Kier molecular flexibility index (Phi) is 6.29. The number of hydrogen-bond donors (Lipinski definition) is 5. The molecule has 0 aromatic carbocycles. The molecular formula is C16H23ClN5O7P. The smallest absolute Gasteiger partial charge is 0.351 e. The normalized spacial score (nSPS) is 27.9. The van der Waals surface area contributed by atoms with Gasteiger partial charge in [-0.3, -0.25) is 4.57 Å². The molecule has 30 heavy (non-hydrogen) atoms. The van der Waals surface area contributed by atoms with Gasteiger partial charge in [-0.05, 0) is 24.4 Å². The third kappa shape index (κ3) is 4.76. The van der Waals surface area contributed by atoms with Gasteiger partial charge in [-0.1, -0.05) is 12.8 Å². The molecule has 0 bridgehead atoms. The number of aromatic nitrogens is 4. The molecule has 14 heteroatoms. The number of aliphatic hydroxyl groups is 2. The van der Waals surface area contributed by atoms with E-state index in [0.717, 1.165) is 25.7 Å². The first kappa shape index (κ1) is 21.8. The topological polar surface area (TPSA) is 172 Å². The molecule has 0 amide bonds. The Morgan fingerprint density at radius 1 is 1.27 bits per heavy atom. The molecule has 2 aromatic heterocycles. The number of halogens is 1. The summed E-state index contributed by atoms with van der Waals surface area (Å²) in [5.41, 5.74) is 0.431. The lowest BCUT2D eigenvalue weighted by atomic mass is 10.1. The van der Waals surface area contributed by atoms with Crippen molar-refractivity contribution in [1.29, 1.82) is 0 Å². The Morgan fingerprint density at radius 3 is 2.70 bits per heavy atom. The first-order valence-corrected chi connectivity index (χ1v) is 11.7. The van der Waals surface area contributed by atoms with E-state index in [1.807, 2.05) is 0 Å². The highest BCUT2D eigenvalue weighted by Gasteiger charge is 2.44. The average molecular weight is 464 g/mol. The van der Waals surface area contributed by atoms with Crippen LogP contribution in [-0.4, -0.2) is 76.7 Å². The molecule has 0 spiro atoms. The fourth-order valence-electron chi connectivity index (χ4n) is 3.78. The lowest BCUT2D eigenvalue weighted by Crippen LogP contribution is -2.35. The molecule has 4 atom stereocenters. The number of nitrogens with one attached hydrogen (secondary N) is 1. The summed E-state index contributed by atoms with van der Waals surface area (Å²) in [5, 5.41) is 28.7. The number of hydrogen-bond acceptors (Lipinski definition) is 9. The van der Waals surface area contributed by atoms with Gasteiger partial charge in [0.05, 0.1) is 18.1 Å². The number of fused-ring (bicyclic) bond motifs is 1. The first-order valence-electron chi connectivity index (χ1n) is 9.54. The Labute approximate surface area is 176 Å². The van der Waals surface area contributed by atoms with Crippen LogP contribution in [0.15, 0.2) is 6.20 Å². The van der Waals surface area contributed by atoms with Crippen molar-refractivity contribution in [1.82, 2.24) is 19.7 Å². The maximum atomic E-state index is 11.0. The van der Waals surface area contributed by atoms with Gasteiger partial charge < -0.3 is 34.8 Å². The monoisotopic (exact) mass is 463 g/mol. The Hall–Kier alpha value is -1.37. The van der Waals surface area contributed by atoms with E-state index < -0.39 is 38.5 Å². The molecule has 0 radical (unpaired) electrons. The van der Waals surface area contributed by atoms with Crippen LogP contribution in [0.25, 0.3) is 11.0 Å². The molecule has 166 valence electrons. The average Bonchev–Trinajstić information content (AvgIpc) is 3.37. The lowest BCUT2D eigenvalue weighted by Gasteiger charge is -2.16. The fourth-order valence-corrected chi connectivity index (χ4v) is 4.29. The van der Waals surface area contributed by atoms with Crippen molar-refractivity contribution < 1.29 is 34.0 Å². The van der Waals surface area contributed by atoms with Crippen LogP contribution >= 0.6 is 19.2 Å². The van der Waals surface area contributed by atoms with Gasteiger partial charge in [0.1, 0.15) is 24.1 Å². The maximum absolute atomic E-state index is 11.0. The molecule has 12 nitrogen and oxygen atoms in total. The van der Waals surface area contributed by atoms with Gasteiger partial charge >= 0.3 is 7.60 Å². The van der Waals surface area contributed by atoms with Gasteiger partial charge in [-0.2, -0.15) is 15.1 Å². The van der Waals surface area contributed by atoms with E-state index in [0.29, 0.717) is 22.9 Å². The van der Waals surface area contributed by atoms with Crippen molar-refractivity contribution in [2.24, 2.45) is 0 Å². The number of rotatable bonds is 7. The van der Waals surface area contributed by atoms with E-state index in [2.05, 4.69) is 20.4 Å². The molecule has 1 saturated heterocycles. The molecule has 0 unspecified atom stereocenters. The van der Waals surface area contributed by atoms with Gasteiger partial charge in [0.15, 0.2) is 18.3 Å². The predicted octanol–water partition coefficient (Wildman–Crippen LogP) is 0.433. The highest BCUT2D eigenvalue weighted by molar-refractivity contribution is 7.51. The third-order valence-electron chi connectivity index (χ3n) is 5.24. The van der Waals surface area contributed by atoms with E-state index in [9.17, 15) is 14.8 Å². The van der Waals surface area contributed by atoms with Crippen LogP contribution in [0.2, 0.25) is 5.28 Å². The van der Waals surface area contributed by atoms with E-state index in [1.54, 1.807) is 6.20 Å². The number of anilines is 1. The first-order chi connectivity index (χ1) is 14.2. The lowest BCUT2D eigenvalue weighted by molar-refractivity contribution is -0.158. The van der Waals surface area contributed by atoms with Crippen LogP contribution in [0, 0.1) is 0 Å². The van der Waals surface area contributed by atoms with Crippen LogP contribution in [0.1, 0.15) is 25.7 Å². The van der Waals surface area contributed by atoms with Crippen molar-refractivity contribution in [2.45, 2.75) is 62.9 Å². The molecule has 2 aromatic rings. The van der Waals surface area contributed by atoms with Gasteiger partial charge in [-0.15, -0.1) is 0 Å². The van der Waals surface area contributed by atoms with E-state index in [-0.39, 0.29) is 11.8 Å². The van der Waals surface area contributed by atoms with Crippen LogP contribution in [0.5, 0.6) is 0 Å². The summed E-state index contributed by atoms with van der Waals surface area (Å²) in [6.45, 7) is 0.00765. The predicted molar refractivity (Wildman–Crippen MR) is 105 cm³/mol. The summed E-state index contributed by atoms with van der Waals surface area (Å²) >= 11 is 6.10. The zero-order valence-electron chi connectivity index (χ0n) is 15.8. The Bertz CT molecular complexity index is 949. The molecule has 1 aliphatic carbocycles. The van der Waals surface area contributed by atoms with Crippen LogP contribution in [-0.2, 0) is 20.6 Å². The highest BCUT2D eigenvalue weighted by atomic mass is 35.5. The van der Waals surface area contributed by atoms with Gasteiger partial charge in [-0.25, -0.2) is 4.68 Å². The fraction of sp³-hybridized carbons (Fsp3) is 0.688. The molecule has 5 N–H and O–H groups in total. The van der Waals surface area contributed by atoms with Crippen molar-refractivity contribution in [3.8, 4) is 0 Å². The second-order valence-electron chi connectivity index (χ2n) is 7.52. The van der Waals surface area contributed by atoms with Gasteiger partial charge in [0.2, 0.25) is 5.28 Å². The molecule has 3 heterocycles. The molecular weight excluding hydrogens is 441 g/mol. The standard InChI is InChI=1S/C16H23ClN5O7P/c17-16-20-13(19-8-3-1-2-4-8)9-5-18-22(14(9)21-16)6-10-11(23)12(24)15(29-10)28-7-30(25,26)27/h5,8,10-12,15,23-24H,1-4,6-7H2,(H,19,20,21)(H2,25,26,27)/t10-,11+,12+,15+/m0/s1. The van der Waals surface area contributed by atoms with Crippen LogP contribution < -0.4 is 5.32 Å². The molecule has 1 aliphatic heterocycles. The minimum absolute atomic E-state index is 0.00765. The third-order valence-corrected chi connectivity index (χ3v) is 5.90. The zero-order chi connectivity index (χ0) is 21.5. The summed E-state index contributed by atoms with van der Waals surface area (Å²) in [7, 11) is -4.45. The van der Waals surface area contributed by atoms with Crippen molar-refractivity contribution >= 4 is 36.0 Å². The Balaban J connectivity index is 1.51. The highest BCUT2D eigenvalue weighted by Crippen LogP contribution is 2.36. The Morgan fingerprint density at radius 2 is 2.00 bits per heavy atom. The van der Waals surface area contributed by atoms with Gasteiger partial charge in [0.25, 0.3) is 0 Å². The largest absolute Gasteiger partial charge is 0.387 e. The van der Waals surface area contributed by atoms with Crippen molar-refractivity contribution in [3.05, 3.63) is 11.5 Å². The second kappa shape index (κ2) is 8.64.